The molecule has 0 radical (unpaired) electrons. The summed E-state index contributed by atoms with van der Waals surface area (Å²) in [6.07, 6.45) is 2.29. The van der Waals surface area contributed by atoms with Crippen LogP contribution in [0.25, 0.3) is 0 Å². The van der Waals surface area contributed by atoms with Gasteiger partial charge in [-0.1, -0.05) is 0 Å². The molecule has 0 fully saturated rings. The highest BCUT2D eigenvalue weighted by Crippen LogP contribution is 2.34. The van der Waals surface area contributed by atoms with Crippen molar-refractivity contribution in [3.8, 4) is 0 Å². The van der Waals surface area contributed by atoms with Crippen molar-refractivity contribution in [3.63, 3.8) is 0 Å². The first-order valence-electron chi connectivity index (χ1n) is 9.11. The Kier molecular flexibility index (Phi) is 4.58. The topological polar surface area (TPSA) is 104 Å². The zero-order valence-corrected chi connectivity index (χ0v) is 17.7. The molecule has 2 aromatic carbocycles. The SMILES string of the molecule is CC(=O)N1CCc2cc(S(=O)(=O)Nc3ccc4c(c3)CCN4S(C)(=O)=O)ccc21. The Morgan fingerprint density at radius 1 is 0.931 bits per heavy atom. The summed E-state index contributed by atoms with van der Waals surface area (Å²) in [6, 6.07) is 9.59. The van der Waals surface area contributed by atoms with Gasteiger partial charge in [0.05, 0.1) is 16.8 Å². The van der Waals surface area contributed by atoms with Crippen LogP contribution in [0.5, 0.6) is 0 Å². The van der Waals surface area contributed by atoms with Gasteiger partial charge in [0.25, 0.3) is 10.0 Å². The quantitative estimate of drug-likeness (QED) is 0.788. The third-order valence-corrected chi connectivity index (χ3v) is 7.78. The highest BCUT2D eigenvalue weighted by molar-refractivity contribution is 7.92. The van der Waals surface area contributed by atoms with Gasteiger partial charge in [0.2, 0.25) is 15.9 Å². The van der Waals surface area contributed by atoms with Crippen LogP contribution in [-0.2, 0) is 37.7 Å². The molecule has 10 heteroatoms. The molecule has 0 aliphatic carbocycles. The lowest BCUT2D eigenvalue weighted by Gasteiger charge is -2.17. The molecule has 0 unspecified atom stereocenters. The molecule has 0 atom stereocenters. The van der Waals surface area contributed by atoms with E-state index in [-0.39, 0.29) is 10.8 Å². The van der Waals surface area contributed by atoms with Crippen molar-refractivity contribution in [1.29, 1.82) is 0 Å². The molecular formula is C19H21N3O5S2. The normalized spacial score (nSPS) is 15.9. The van der Waals surface area contributed by atoms with Gasteiger partial charge in [-0.15, -0.1) is 0 Å². The van der Waals surface area contributed by atoms with Crippen LogP contribution in [0.4, 0.5) is 17.1 Å². The lowest BCUT2D eigenvalue weighted by molar-refractivity contribution is -0.116. The second-order valence-electron chi connectivity index (χ2n) is 7.25. The minimum absolute atomic E-state index is 0.0706. The highest BCUT2D eigenvalue weighted by atomic mass is 32.2. The average molecular weight is 436 g/mol. The molecule has 4 rings (SSSR count). The lowest BCUT2D eigenvalue weighted by atomic mass is 10.1. The van der Waals surface area contributed by atoms with Crippen LogP contribution in [0, 0.1) is 0 Å². The number of hydrogen-bond acceptors (Lipinski definition) is 5. The van der Waals surface area contributed by atoms with E-state index in [9.17, 15) is 21.6 Å². The number of amides is 1. The molecule has 0 spiro atoms. The van der Waals surface area contributed by atoms with E-state index in [0.717, 1.165) is 23.1 Å². The molecule has 2 aliphatic heterocycles. The summed E-state index contributed by atoms with van der Waals surface area (Å²) in [5.41, 5.74) is 3.31. The maximum atomic E-state index is 12.8. The third-order valence-electron chi connectivity index (χ3n) is 5.22. The third kappa shape index (κ3) is 3.58. The summed E-state index contributed by atoms with van der Waals surface area (Å²) in [4.78, 5) is 13.4. The van der Waals surface area contributed by atoms with Crippen molar-refractivity contribution >= 4 is 43.0 Å². The number of hydrogen-bond donors (Lipinski definition) is 1. The van der Waals surface area contributed by atoms with Crippen molar-refractivity contribution in [3.05, 3.63) is 47.5 Å². The van der Waals surface area contributed by atoms with E-state index in [4.69, 9.17) is 0 Å². The molecular weight excluding hydrogens is 414 g/mol. The largest absolute Gasteiger partial charge is 0.312 e. The van der Waals surface area contributed by atoms with E-state index < -0.39 is 20.0 Å². The monoisotopic (exact) mass is 435 g/mol. The van der Waals surface area contributed by atoms with Crippen molar-refractivity contribution in [2.75, 3.05) is 33.3 Å². The summed E-state index contributed by atoms with van der Waals surface area (Å²) in [7, 11) is -7.17. The summed E-state index contributed by atoms with van der Waals surface area (Å²) in [5.74, 6) is -0.0706. The second-order valence-corrected chi connectivity index (χ2v) is 10.8. The Morgan fingerprint density at radius 2 is 1.59 bits per heavy atom. The van der Waals surface area contributed by atoms with E-state index in [1.807, 2.05) is 0 Å². The van der Waals surface area contributed by atoms with Crippen LogP contribution >= 0.6 is 0 Å². The lowest BCUT2D eigenvalue weighted by Crippen LogP contribution is -2.27. The Bertz CT molecular complexity index is 1220. The summed E-state index contributed by atoms with van der Waals surface area (Å²) in [5, 5.41) is 0. The number of sulfonamides is 2. The minimum Gasteiger partial charge on any atom is -0.312 e. The number of anilines is 3. The van der Waals surface area contributed by atoms with Gasteiger partial charge in [0.1, 0.15) is 0 Å². The highest BCUT2D eigenvalue weighted by Gasteiger charge is 2.28. The number of carbonyl (C=O) groups is 1. The number of nitrogens with one attached hydrogen (secondary N) is 1. The van der Waals surface area contributed by atoms with Crippen LogP contribution in [-0.4, -0.2) is 42.1 Å². The van der Waals surface area contributed by atoms with Gasteiger partial charge in [0, 0.05) is 31.4 Å². The van der Waals surface area contributed by atoms with Crippen LogP contribution in [0.15, 0.2) is 41.3 Å². The van der Waals surface area contributed by atoms with E-state index in [1.165, 1.54) is 17.3 Å². The van der Waals surface area contributed by atoms with E-state index in [2.05, 4.69) is 4.72 Å². The first kappa shape index (κ1) is 19.7. The molecule has 1 amide bonds. The van der Waals surface area contributed by atoms with Crippen molar-refractivity contribution in [2.45, 2.75) is 24.7 Å². The van der Waals surface area contributed by atoms with E-state index in [1.54, 1.807) is 35.2 Å². The fourth-order valence-corrected chi connectivity index (χ4v) is 5.92. The van der Waals surface area contributed by atoms with Gasteiger partial charge in [-0.3, -0.25) is 13.8 Å². The fourth-order valence-electron chi connectivity index (χ4n) is 3.87. The first-order valence-corrected chi connectivity index (χ1v) is 12.4. The Hall–Kier alpha value is -2.59. The van der Waals surface area contributed by atoms with Crippen LogP contribution in [0.2, 0.25) is 0 Å². The molecule has 1 N–H and O–H groups in total. The molecule has 2 heterocycles. The van der Waals surface area contributed by atoms with E-state index in [0.29, 0.717) is 37.3 Å². The van der Waals surface area contributed by atoms with Gasteiger partial charge in [0.15, 0.2) is 0 Å². The van der Waals surface area contributed by atoms with E-state index >= 15 is 0 Å². The standard InChI is InChI=1S/C19H21N3O5S2/c1-13(23)21-9-7-15-12-17(4-6-18(15)21)29(26,27)20-16-3-5-19-14(11-16)8-10-22(19)28(2,24)25/h3-6,11-12,20H,7-10H2,1-2H3. The molecule has 2 aromatic rings. The molecule has 0 bridgehead atoms. The first-order chi connectivity index (χ1) is 13.6. The van der Waals surface area contributed by atoms with Crippen LogP contribution < -0.4 is 13.9 Å². The van der Waals surface area contributed by atoms with Crippen molar-refractivity contribution in [2.24, 2.45) is 0 Å². The second kappa shape index (κ2) is 6.74. The summed E-state index contributed by atoms with van der Waals surface area (Å²) < 4.78 is 53.3. The maximum absolute atomic E-state index is 12.8. The van der Waals surface area contributed by atoms with Gasteiger partial charge in [-0.2, -0.15) is 0 Å². The van der Waals surface area contributed by atoms with Gasteiger partial charge in [-0.25, -0.2) is 16.8 Å². The Labute approximate surface area is 170 Å². The van der Waals surface area contributed by atoms with Crippen molar-refractivity contribution in [1.82, 2.24) is 0 Å². The number of benzene rings is 2. The van der Waals surface area contributed by atoms with Gasteiger partial charge >= 0.3 is 0 Å². The summed E-state index contributed by atoms with van der Waals surface area (Å²) >= 11 is 0. The Balaban J connectivity index is 1.60. The van der Waals surface area contributed by atoms with Crippen LogP contribution in [0.3, 0.4) is 0 Å². The molecule has 0 saturated heterocycles. The van der Waals surface area contributed by atoms with Crippen LogP contribution in [0.1, 0.15) is 18.1 Å². The summed E-state index contributed by atoms with van der Waals surface area (Å²) in [6.45, 7) is 2.38. The fraction of sp³-hybridized carbons (Fsp3) is 0.316. The average Bonchev–Trinajstić information content (AvgIpc) is 3.24. The maximum Gasteiger partial charge on any atom is 0.261 e. The smallest absolute Gasteiger partial charge is 0.261 e. The number of nitrogens with zero attached hydrogens (tertiary/aromatic N) is 2. The predicted molar refractivity (Wildman–Crippen MR) is 111 cm³/mol. The zero-order chi connectivity index (χ0) is 21.0. The minimum atomic E-state index is -3.82. The van der Waals surface area contributed by atoms with Crippen molar-refractivity contribution < 1.29 is 21.6 Å². The number of carbonyl (C=O) groups excluding carboxylic acids is 1. The number of rotatable bonds is 4. The molecule has 154 valence electrons. The van der Waals surface area contributed by atoms with Gasteiger partial charge in [-0.05, 0) is 60.4 Å². The predicted octanol–water partition coefficient (Wildman–Crippen LogP) is 1.72. The molecule has 8 nitrogen and oxygen atoms in total. The van der Waals surface area contributed by atoms with Gasteiger partial charge < -0.3 is 4.90 Å². The molecule has 2 aliphatic rings. The molecule has 0 aromatic heterocycles. The number of fused-ring (bicyclic) bond motifs is 2. The Morgan fingerprint density at radius 3 is 2.28 bits per heavy atom. The zero-order valence-electron chi connectivity index (χ0n) is 16.0. The molecule has 29 heavy (non-hydrogen) atoms. The molecule has 0 saturated carbocycles.